The SMILES string of the molecule is C1CNCCN1.C=CC(=O)CCC(CC)(CCC(=O)C=C)COC(=O)CCN1CCN(CCC(=O)OCCCC)CC1.C=CC(=O)OCC(CC)(COC(=O)C=C)COC(=O)C=C.CCC(COC(=O)CCN1CCNCC1)(COC(=O)CCN1CCNCC1)COC(=O)CCN1CCNCC1.CCCCOC(=O)CCN1CCN(CCC(=O)OCC(CC)(CCC(=O)CCN2CCNCC2)CCC(=O)CCN2CCNCC2)CC1. The largest absolute Gasteiger partial charge is 0.466 e. The Morgan fingerprint density at radius 3 is 0.607 bits per heavy atom. The zero-order valence-corrected chi connectivity index (χ0v) is 92.5. The van der Waals surface area contributed by atoms with Crippen molar-refractivity contribution < 1.29 is 114 Å². The van der Waals surface area contributed by atoms with Crippen molar-refractivity contribution in [2.75, 3.05) is 334 Å². The second-order valence-corrected chi connectivity index (χ2v) is 40.3. The molecule has 0 radical (unpaired) electrons. The quantitative estimate of drug-likeness (QED) is 0.0175. The summed E-state index contributed by atoms with van der Waals surface area (Å²) in [6, 6.07) is 0. The first-order chi connectivity index (χ1) is 72.5. The lowest BCUT2D eigenvalue weighted by atomic mass is 9.76. The van der Waals surface area contributed by atoms with Crippen LogP contribution in [0.25, 0.3) is 0 Å². The van der Waals surface area contributed by atoms with E-state index in [0.717, 1.165) is 273 Å². The average Bonchev–Trinajstić information content (AvgIpc) is 0.856. The van der Waals surface area contributed by atoms with Gasteiger partial charge in [0.05, 0.1) is 82.2 Å². The van der Waals surface area contributed by atoms with Gasteiger partial charge in [0, 0.05) is 336 Å². The van der Waals surface area contributed by atoms with E-state index >= 15 is 0 Å². The van der Waals surface area contributed by atoms with Crippen LogP contribution in [0.5, 0.6) is 0 Å². The minimum absolute atomic E-state index is 0.0417. The van der Waals surface area contributed by atoms with Gasteiger partial charge in [0.1, 0.15) is 51.2 Å². The molecule has 8 heterocycles. The molecule has 8 saturated heterocycles. The van der Waals surface area contributed by atoms with Gasteiger partial charge in [0.25, 0.3) is 0 Å². The van der Waals surface area contributed by atoms with Crippen molar-refractivity contribution in [1.82, 2.24) is 81.3 Å². The molecule has 8 aliphatic heterocycles. The summed E-state index contributed by atoms with van der Waals surface area (Å²) in [4.78, 5) is 190. The third kappa shape index (κ3) is 62.7. The Balaban J connectivity index is 0.000000420. The maximum absolute atomic E-state index is 13.0. The van der Waals surface area contributed by atoms with Gasteiger partial charge in [-0.05, 0) is 76.4 Å². The molecule has 150 heavy (non-hydrogen) atoms. The van der Waals surface area contributed by atoms with Gasteiger partial charge in [-0.1, -0.05) is 87.3 Å². The molecular formula is C110H192N16O24. The van der Waals surface area contributed by atoms with Crippen molar-refractivity contribution in [2.24, 2.45) is 21.7 Å². The number of nitrogens with one attached hydrogen (secondary N) is 7. The Kier molecular flexibility index (Phi) is 73.1. The van der Waals surface area contributed by atoms with Crippen LogP contribution in [0.2, 0.25) is 0 Å². The monoisotopic (exact) mass is 2120 g/mol. The summed E-state index contributed by atoms with van der Waals surface area (Å²) in [6.07, 6.45) is 19.2. The van der Waals surface area contributed by atoms with E-state index in [-0.39, 0.29) is 123 Å². The highest BCUT2D eigenvalue weighted by atomic mass is 16.6. The molecule has 0 unspecified atom stereocenters. The Morgan fingerprint density at radius 2 is 0.407 bits per heavy atom. The second kappa shape index (κ2) is 82.0. The first kappa shape index (κ1) is 134. The van der Waals surface area contributed by atoms with Gasteiger partial charge in [-0.2, -0.15) is 0 Å². The lowest BCUT2D eigenvalue weighted by Gasteiger charge is -2.34. The lowest BCUT2D eigenvalue weighted by Crippen LogP contribution is -2.47. The lowest BCUT2D eigenvalue weighted by molar-refractivity contribution is -0.163. The van der Waals surface area contributed by atoms with E-state index in [2.05, 4.69) is 135 Å². The number of ketones is 4. The molecule has 0 aromatic heterocycles. The summed E-state index contributed by atoms with van der Waals surface area (Å²) >= 11 is 0. The van der Waals surface area contributed by atoms with Crippen LogP contribution in [0.3, 0.4) is 0 Å². The first-order valence-corrected chi connectivity index (χ1v) is 55.8. The van der Waals surface area contributed by atoms with Crippen molar-refractivity contribution in [2.45, 2.75) is 202 Å². The summed E-state index contributed by atoms with van der Waals surface area (Å²) in [5.41, 5.74) is -2.42. The van der Waals surface area contributed by atoms with E-state index in [1.807, 2.05) is 13.8 Å². The Labute approximate surface area is 895 Å². The predicted octanol–water partition coefficient (Wildman–Crippen LogP) is 5.34. The molecule has 0 spiro atoms. The molecule has 0 bridgehead atoms. The number of piperazine rings is 8. The molecule has 8 aliphatic rings. The van der Waals surface area contributed by atoms with Crippen LogP contribution < -0.4 is 37.2 Å². The third-order valence-electron chi connectivity index (χ3n) is 29.2. The van der Waals surface area contributed by atoms with Crippen LogP contribution in [0.4, 0.5) is 0 Å². The van der Waals surface area contributed by atoms with Gasteiger partial charge in [-0.25, -0.2) is 14.4 Å². The Morgan fingerprint density at radius 1 is 0.220 bits per heavy atom. The highest BCUT2D eigenvalue weighted by Crippen LogP contribution is 2.37. The van der Waals surface area contributed by atoms with E-state index < -0.39 is 34.2 Å². The van der Waals surface area contributed by atoms with E-state index in [9.17, 15) is 67.1 Å². The van der Waals surface area contributed by atoms with Crippen molar-refractivity contribution in [3.05, 3.63) is 63.3 Å². The zero-order valence-electron chi connectivity index (χ0n) is 92.5. The van der Waals surface area contributed by atoms with E-state index in [4.69, 9.17) is 47.4 Å². The summed E-state index contributed by atoms with van der Waals surface area (Å²) < 4.78 is 54.0. The zero-order chi connectivity index (χ0) is 110. The number of allylic oxidation sites excluding steroid dienone is 2. The van der Waals surface area contributed by atoms with Crippen LogP contribution >= 0.6 is 0 Å². The summed E-state index contributed by atoms with van der Waals surface area (Å²) in [6.45, 7) is 66.6. The number of ether oxygens (including phenoxy) is 10. The molecule has 856 valence electrons. The molecule has 0 aromatic carbocycles. The number of nitrogens with zero attached hydrogens (tertiary/aromatic N) is 9. The standard InChI is InChI=1S/C36H66N6O6.C28H46N2O6.C27H50N6O6.C15H20O6.C4H10N2/c1-3-5-30-47-34(45)10-20-41-26-28-42(29-27-41)21-11-35(46)48-31-36(4-2,12-6-32(43)8-18-39-22-14-37-15-23-39)13-7-33(44)9-19-40-24-16-38-17-25-40;1-5-9-22-35-26(33)12-16-29-18-20-30(21-19-29)17-13-27(34)36-23-28(8-4,14-10-24(31)6-2)15-11-25(32)7-3;1-2-27(21-37-24(34)3-12-31-15-6-28-7-16-31,22-38-25(35)4-13-32-17-8-29-9-18-32)23-39-26(36)5-14-33-19-10-30-11-20-33;1-5-12(16)19-9-15(8-4,10-20-13(17)6-2)11-21-14(18)7-3;1-2-6-4-3-5-1/h37-38H,3-31H2,1-2H3;6-7H,2-3,5,8-23H2,1,4H3;28-30H,2-23H2,1H3;5-7H,1-3,8-11H2,4H3;5-6H,1-4H2. The number of carbonyl (C=O) groups excluding carboxylic acids is 14. The van der Waals surface area contributed by atoms with E-state index in [0.29, 0.717) is 187 Å². The van der Waals surface area contributed by atoms with Crippen molar-refractivity contribution in [3.63, 3.8) is 0 Å². The molecule has 0 aliphatic carbocycles. The van der Waals surface area contributed by atoms with E-state index in [1.165, 1.54) is 12.2 Å². The highest BCUT2D eigenvalue weighted by molar-refractivity contribution is 5.90. The molecule has 7 N–H and O–H groups in total. The number of unbranched alkanes of at least 4 members (excludes halogenated alkanes) is 2. The van der Waals surface area contributed by atoms with Gasteiger partial charge < -0.3 is 129 Å². The van der Waals surface area contributed by atoms with Crippen LogP contribution in [0, 0.1) is 21.7 Å². The maximum atomic E-state index is 13.0. The number of Topliss-reactive ketones (excluding diaryl/α,β-unsaturated/α-hetero) is 2. The van der Waals surface area contributed by atoms with Crippen LogP contribution in [-0.2, 0) is 114 Å². The fourth-order valence-electron chi connectivity index (χ4n) is 17.6. The van der Waals surface area contributed by atoms with Crippen molar-refractivity contribution >= 4 is 82.8 Å². The number of hydrogen-bond acceptors (Lipinski definition) is 40. The van der Waals surface area contributed by atoms with Crippen LogP contribution in [0.1, 0.15) is 202 Å². The molecule has 0 atom stereocenters. The third-order valence-corrected chi connectivity index (χ3v) is 29.2. The van der Waals surface area contributed by atoms with Crippen molar-refractivity contribution in [3.8, 4) is 0 Å². The summed E-state index contributed by atoms with van der Waals surface area (Å²) in [5, 5.41) is 23.1. The molecule has 0 saturated carbocycles. The molecule has 0 aromatic rings. The minimum Gasteiger partial charge on any atom is -0.466 e. The Bertz CT molecular complexity index is 3670. The average molecular weight is 2120 g/mol. The molecule has 0 amide bonds. The van der Waals surface area contributed by atoms with Gasteiger partial charge in [-0.3, -0.25) is 52.7 Å². The van der Waals surface area contributed by atoms with Crippen molar-refractivity contribution in [1.29, 1.82) is 0 Å². The molecule has 8 fully saturated rings. The number of carbonyl (C=O) groups is 14. The first-order valence-electron chi connectivity index (χ1n) is 55.8. The van der Waals surface area contributed by atoms with Gasteiger partial charge in [0.15, 0.2) is 11.6 Å². The van der Waals surface area contributed by atoms with Crippen LogP contribution in [-0.4, -0.2) is 461 Å². The number of hydrogen-bond donors (Lipinski definition) is 7. The van der Waals surface area contributed by atoms with Gasteiger partial charge in [0.2, 0.25) is 0 Å². The van der Waals surface area contributed by atoms with Crippen LogP contribution in [0.15, 0.2) is 63.3 Å². The summed E-state index contributed by atoms with van der Waals surface area (Å²) in [5.74, 6) is -3.09. The number of esters is 10. The second-order valence-electron chi connectivity index (χ2n) is 40.3. The summed E-state index contributed by atoms with van der Waals surface area (Å²) in [7, 11) is 0. The van der Waals surface area contributed by atoms with Gasteiger partial charge >= 0.3 is 59.7 Å². The predicted molar refractivity (Wildman–Crippen MR) is 578 cm³/mol. The highest BCUT2D eigenvalue weighted by Gasteiger charge is 2.39. The van der Waals surface area contributed by atoms with E-state index in [1.54, 1.807) is 6.92 Å². The number of rotatable bonds is 70. The fraction of sp³-hybridized carbons (Fsp3) is 0.782. The molecule has 40 nitrogen and oxygen atoms in total. The molecule has 8 rings (SSSR count). The topological polar surface area (TPSA) is 445 Å². The smallest absolute Gasteiger partial charge is 0.330 e. The maximum Gasteiger partial charge on any atom is 0.330 e. The fourth-order valence-corrected chi connectivity index (χ4v) is 17.6. The minimum atomic E-state index is -0.837. The molecular weight excluding hydrogens is 1930 g/mol. The van der Waals surface area contributed by atoms with Gasteiger partial charge in [-0.15, -0.1) is 0 Å². The molecule has 40 heteroatoms. The Hall–Kier alpha value is -8.56. The normalized spacial score (nSPS) is 17.1.